The third-order valence-electron chi connectivity index (χ3n) is 2.82. The first-order valence-corrected chi connectivity index (χ1v) is 6.32. The topological polar surface area (TPSA) is 84.6 Å². The summed E-state index contributed by atoms with van der Waals surface area (Å²) in [6.07, 6.45) is 1.65. The number of rotatable bonds is 8. The Hall–Kier alpha value is -1.40. The molecule has 6 nitrogen and oxygen atoms in total. The molecule has 1 rings (SSSR count). The Bertz CT molecular complexity index is 401. The fourth-order valence-electron chi connectivity index (χ4n) is 1.57. The van der Waals surface area contributed by atoms with E-state index in [0.29, 0.717) is 18.9 Å². The Balaban J connectivity index is 2.31. The molecule has 0 unspecified atom stereocenters. The van der Waals surface area contributed by atoms with Crippen molar-refractivity contribution in [1.82, 2.24) is 10.5 Å². The van der Waals surface area contributed by atoms with Crippen LogP contribution in [0.25, 0.3) is 0 Å². The largest absolute Gasteiger partial charge is 0.396 e. The van der Waals surface area contributed by atoms with Crippen LogP contribution in [0.15, 0.2) is 10.6 Å². The molecule has 0 aliphatic heterocycles. The second kappa shape index (κ2) is 7.25. The molecule has 2 N–H and O–H groups in total. The highest BCUT2D eigenvalue weighted by atomic mass is 16.5. The van der Waals surface area contributed by atoms with Gasteiger partial charge in [0.2, 0.25) is 0 Å². The van der Waals surface area contributed by atoms with Crippen LogP contribution in [0, 0.1) is 5.41 Å². The van der Waals surface area contributed by atoms with E-state index in [4.69, 9.17) is 14.4 Å². The van der Waals surface area contributed by atoms with Gasteiger partial charge in [-0.15, -0.1) is 0 Å². The number of aromatic nitrogens is 1. The summed E-state index contributed by atoms with van der Waals surface area (Å²) in [6.45, 7) is 4.97. The molecule has 0 aliphatic carbocycles. The third-order valence-corrected chi connectivity index (χ3v) is 2.82. The number of ether oxygens (including phenoxy) is 1. The summed E-state index contributed by atoms with van der Waals surface area (Å²) in [6, 6.07) is 1.57. The van der Waals surface area contributed by atoms with Crippen LogP contribution in [0.2, 0.25) is 0 Å². The molecule has 0 saturated heterocycles. The summed E-state index contributed by atoms with van der Waals surface area (Å²) in [7, 11) is 1.55. The Kier molecular flexibility index (Phi) is 5.98. The van der Waals surface area contributed by atoms with Crippen molar-refractivity contribution in [3.63, 3.8) is 0 Å². The number of hydrogen-bond acceptors (Lipinski definition) is 5. The molecule has 108 valence electrons. The van der Waals surface area contributed by atoms with Crippen molar-refractivity contribution in [2.45, 2.75) is 33.3 Å². The lowest BCUT2D eigenvalue weighted by atomic mass is 9.89. The molecule has 0 radical (unpaired) electrons. The van der Waals surface area contributed by atoms with Gasteiger partial charge in [-0.05, 0) is 18.3 Å². The van der Waals surface area contributed by atoms with Crippen LogP contribution in [0.4, 0.5) is 0 Å². The van der Waals surface area contributed by atoms with Gasteiger partial charge in [0.05, 0.1) is 0 Å². The van der Waals surface area contributed by atoms with Gasteiger partial charge in [-0.25, -0.2) is 0 Å². The van der Waals surface area contributed by atoms with Crippen LogP contribution < -0.4 is 5.32 Å². The predicted molar refractivity (Wildman–Crippen MR) is 69.7 cm³/mol. The van der Waals surface area contributed by atoms with Crippen molar-refractivity contribution in [2.24, 2.45) is 5.41 Å². The summed E-state index contributed by atoms with van der Waals surface area (Å²) in [5.74, 6) is 0.266. The lowest BCUT2D eigenvalue weighted by molar-refractivity contribution is 0.0938. The summed E-state index contributed by atoms with van der Waals surface area (Å²) >= 11 is 0. The van der Waals surface area contributed by atoms with Crippen molar-refractivity contribution in [2.75, 3.05) is 20.3 Å². The molecule has 1 heterocycles. The highest BCUT2D eigenvalue weighted by Crippen LogP contribution is 2.20. The van der Waals surface area contributed by atoms with Gasteiger partial charge in [0.1, 0.15) is 6.61 Å². The summed E-state index contributed by atoms with van der Waals surface area (Å²) in [4.78, 5) is 11.7. The van der Waals surface area contributed by atoms with Gasteiger partial charge in [-0.2, -0.15) is 0 Å². The number of nitrogens with zero attached hydrogens (tertiary/aromatic N) is 1. The van der Waals surface area contributed by atoms with E-state index in [1.807, 2.05) is 13.8 Å². The molecule has 0 saturated carbocycles. The van der Waals surface area contributed by atoms with E-state index < -0.39 is 0 Å². The summed E-state index contributed by atoms with van der Waals surface area (Å²) in [5, 5.41) is 15.6. The van der Waals surface area contributed by atoms with E-state index >= 15 is 0 Å². The van der Waals surface area contributed by atoms with Crippen molar-refractivity contribution < 1.29 is 19.2 Å². The molecule has 0 bridgehead atoms. The van der Waals surface area contributed by atoms with E-state index in [9.17, 15) is 4.79 Å². The normalized spacial score (nSPS) is 11.6. The van der Waals surface area contributed by atoms with E-state index in [1.165, 1.54) is 0 Å². The first-order valence-electron chi connectivity index (χ1n) is 6.32. The Morgan fingerprint density at radius 3 is 2.95 bits per heavy atom. The minimum absolute atomic E-state index is 0.107. The lowest BCUT2D eigenvalue weighted by Crippen LogP contribution is -2.26. The van der Waals surface area contributed by atoms with E-state index in [0.717, 1.165) is 12.8 Å². The molecule has 19 heavy (non-hydrogen) atoms. The summed E-state index contributed by atoms with van der Waals surface area (Å²) < 4.78 is 9.82. The molecule has 6 heteroatoms. The molecule has 0 spiro atoms. The zero-order valence-electron chi connectivity index (χ0n) is 11.7. The molecular weight excluding hydrogens is 248 g/mol. The molecule has 0 aromatic carbocycles. The fourth-order valence-corrected chi connectivity index (χ4v) is 1.57. The van der Waals surface area contributed by atoms with Crippen molar-refractivity contribution in [3.8, 4) is 0 Å². The number of amides is 1. The average Bonchev–Trinajstić information content (AvgIpc) is 2.83. The van der Waals surface area contributed by atoms with Crippen molar-refractivity contribution in [3.05, 3.63) is 17.5 Å². The highest BCUT2D eigenvalue weighted by Gasteiger charge is 2.16. The number of nitrogens with one attached hydrogen (secondary N) is 1. The maximum atomic E-state index is 11.7. The molecular formula is C13H22N2O4. The minimum Gasteiger partial charge on any atom is -0.396 e. The number of aliphatic hydroxyl groups excluding tert-OH is 1. The third kappa shape index (κ3) is 5.40. The number of carbonyl (C=O) groups is 1. The van der Waals surface area contributed by atoms with Gasteiger partial charge < -0.3 is 19.7 Å². The second-order valence-corrected chi connectivity index (χ2v) is 5.29. The predicted octanol–water partition coefficient (Wildman–Crippen LogP) is 1.35. The monoisotopic (exact) mass is 270 g/mol. The first-order chi connectivity index (χ1) is 8.98. The van der Waals surface area contributed by atoms with Crippen LogP contribution in [-0.4, -0.2) is 36.4 Å². The number of hydrogen-bond donors (Lipinski definition) is 2. The van der Waals surface area contributed by atoms with Crippen LogP contribution in [0.1, 0.15) is 42.9 Å². The van der Waals surface area contributed by atoms with Crippen LogP contribution in [0.5, 0.6) is 0 Å². The molecule has 0 aliphatic rings. The van der Waals surface area contributed by atoms with Gasteiger partial charge in [0, 0.05) is 26.3 Å². The first kappa shape index (κ1) is 15.7. The van der Waals surface area contributed by atoms with Crippen LogP contribution in [0.3, 0.4) is 0 Å². The zero-order chi connectivity index (χ0) is 14.3. The molecule has 1 aromatic rings. The molecule has 0 atom stereocenters. The minimum atomic E-state index is -0.257. The quantitative estimate of drug-likeness (QED) is 0.696. The molecule has 1 aromatic heterocycles. The van der Waals surface area contributed by atoms with Gasteiger partial charge in [-0.1, -0.05) is 19.0 Å². The SMILES string of the molecule is COCc1cc(C(=O)NCCCC(C)(C)CO)no1. The Labute approximate surface area is 113 Å². The van der Waals surface area contributed by atoms with Crippen LogP contribution >= 0.6 is 0 Å². The Morgan fingerprint density at radius 1 is 1.58 bits per heavy atom. The van der Waals surface area contributed by atoms with Crippen LogP contribution in [-0.2, 0) is 11.3 Å². The second-order valence-electron chi connectivity index (χ2n) is 5.29. The number of aliphatic hydroxyl groups is 1. The Morgan fingerprint density at radius 2 is 2.32 bits per heavy atom. The molecule has 0 fully saturated rings. The van der Waals surface area contributed by atoms with Gasteiger partial charge in [0.15, 0.2) is 11.5 Å². The standard InChI is InChI=1S/C13H22N2O4/c1-13(2,9-16)5-4-6-14-12(17)11-7-10(8-18-3)19-15-11/h7,16H,4-6,8-9H2,1-3H3,(H,14,17). The van der Waals surface area contributed by atoms with Gasteiger partial charge in [0.25, 0.3) is 5.91 Å². The fraction of sp³-hybridized carbons (Fsp3) is 0.692. The van der Waals surface area contributed by atoms with Crippen molar-refractivity contribution in [1.29, 1.82) is 0 Å². The zero-order valence-corrected chi connectivity index (χ0v) is 11.7. The maximum Gasteiger partial charge on any atom is 0.273 e. The van der Waals surface area contributed by atoms with E-state index in [-0.39, 0.29) is 23.6 Å². The number of methoxy groups -OCH3 is 1. The highest BCUT2D eigenvalue weighted by molar-refractivity contribution is 5.92. The average molecular weight is 270 g/mol. The van der Waals surface area contributed by atoms with E-state index in [2.05, 4.69) is 10.5 Å². The smallest absolute Gasteiger partial charge is 0.273 e. The van der Waals surface area contributed by atoms with Gasteiger partial charge in [-0.3, -0.25) is 4.79 Å². The summed E-state index contributed by atoms with van der Waals surface area (Å²) in [5.41, 5.74) is 0.151. The van der Waals surface area contributed by atoms with Gasteiger partial charge >= 0.3 is 0 Å². The lowest BCUT2D eigenvalue weighted by Gasteiger charge is -2.20. The number of carbonyl (C=O) groups excluding carboxylic acids is 1. The maximum absolute atomic E-state index is 11.7. The van der Waals surface area contributed by atoms with E-state index in [1.54, 1.807) is 13.2 Å². The molecule has 1 amide bonds. The van der Waals surface area contributed by atoms with Crippen molar-refractivity contribution >= 4 is 5.91 Å².